The molecule has 0 unspecified atom stereocenters. The molecule has 0 aliphatic rings. The molecule has 0 radical (unpaired) electrons. The number of hydrogen-bond donors (Lipinski definition) is 1. The van der Waals surface area contributed by atoms with Crippen LogP contribution in [-0.2, 0) is 21.2 Å². The highest BCUT2D eigenvalue weighted by atomic mass is 32.2. The van der Waals surface area contributed by atoms with E-state index in [9.17, 15) is 13.2 Å². The van der Waals surface area contributed by atoms with Crippen molar-refractivity contribution in [1.82, 2.24) is 14.3 Å². The molecule has 4 rings (SSSR count). The van der Waals surface area contributed by atoms with Gasteiger partial charge in [-0.05, 0) is 63.1 Å². The van der Waals surface area contributed by atoms with E-state index in [0.29, 0.717) is 12.2 Å². The van der Waals surface area contributed by atoms with Crippen LogP contribution in [-0.4, -0.2) is 56.7 Å². The number of nitrogens with one attached hydrogen (secondary N) is 1. The van der Waals surface area contributed by atoms with Gasteiger partial charge in [0.05, 0.1) is 31.9 Å². The highest BCUT2D eigenvalue weighted by molar-refractivity contribution is 7.89. The summed E-state index contributed by atoms with van der Waals surface area (Å²) in [6, 6.07) is 24.1. The molecule has 1 heterocycles. The molecule has 1 amide bonds. The van der Waals surface area contributed by atoms with Gasteiger partial charge in [0.15, 0.2) is 11.5 Å². The van der Waals surface area contributed by atoms with Crippen LogP contribution >= 0.6 is 0 Å². The lowest BCUT2D eigenvalue weighted by molar-refractivity contribution is -0.121. The number of ether oxygens (including phenoxy) is 2. The van der Waals surface area contributed by atoms with E-state index >= 15 is 0 Å². The van der Waals surface area contributed by atoms with E-state index in [1.54, 1.807) is 6.21 Å². The first-order valence-electron chi connectivity index (χ1n) is 13.5. The fourth-order valence-electron chi connectivity index (χ4n) is 4.69. The van der Waals surface area contributed by atoms with Crippen molar-refractivity contribution in [1.29, 1.82) is 0 Å². The molecule has 3 aromatic carbocycles. The van der Waals surface area contributed by atoms with Gasteiger partial charge in [-0.25, -0.2) is 13.8 Å². The van der Waals surface area contributed by atoms with Crippen molar-refractivity contribution in [3.8, 4) is 17.2 Å². The summed E-state index contributed by atoms with van der Waals surface area (Å²) < 4.78 is 41.2. The molecule has 0 saturated carbocycles. The zero-order valence-corrected chi connectivity index (χ0v) is 25.3. The molecule has 220 valence electrons. The lowest BCUT2D eigenvalue weighted by Crippen LogP contribution is -2.40. The van der Waals surface area contributed by atoms with Gasteiger partial charge < -0.3 is 14.0 Å². The Morgan fingerprint density at radius 3 is 2.29 bits per heavy atom. The van der Waals surface area contributed by atoms with Gasteiger partial charge in [0, 0.05) is 35.2 Å². The van der Waals surface area contributed by atoms with Crippen LogP contribution < -0.4 is 14.9 Å². The van der Waals surface area contributed by atoms with E-state index in [4.69, 9.17) is 9.47 Å². The molecule has 0 bridgehead atoms. The maximum atomic E-state index is 13.7. The van der Waals surface area contributed by atoms with Crippen LogP contribution in [0.1, 0.15) is 28.1 Å². The number of nitrogens with zero attached hydrogens (tertiary/aromatic N) is 3. The summed E-state index contributed by atoms with van der Waals surface area (Å²) in [6.45, 7) is 5.71. The number of aromatic nitrogens is 1. The summed E-state index contributed by atoms with van der Waals surface area (Å²) in [5.74, 6) is 0.121. The molecular weight excluding hydrogens is 552 g/mol. The average Bonchev–Trinajstić information content (AvgIpc) is 3.27. The average molecular weight is 589 g/mol. The molecule has 42 heavy (non-hydrogen) atoms. The van der Waals surface area contributed by atoms with E-state index in [1.807, 2.05) is 57.2 Å². The van der Waals surface area contributed by atoms with Crippen LogP contribution in [0.2, 0.25) is 0 Å². The van der Waals surface area contributed by atoms with Crippen LogP contribution in [0, 0.1) is 20.8 Å². The Balaban J connectivity index is 1.52. The molecule has 0 atom stereocenters. The van der Waals surface area contributed by atoms with Crippen molar-refractivity contribution in [2.24, 2.45) is 5.10 Å². The number of methoxy groups -OCH3 is 2. The number of hydrazone groups is 1. The summed E-state index contributed by atoms with van der Waals surface area (Å²) in [4.78, 5) is 13.0. The molecule has 0 fully saturated rings. The van der Waals surface area contributed by atoms with Crippen molar-refractivity contribution < 1.29 is 22.7 Å². The van der Waals surface area contributed by atoms with Crippen molar-refractivity contribution in [2.45, 2.75) is 32.1 Å². The number of aryl methyl sites for hydroxylation is 2. The first-order valence-corrected chi connectivity index (χ1v) is 14.9. The summed E-state index contributed by atoms with van der Waals surface area (Å²) in [5, 5.41) is 4.14. The number of carbonyl (C=O) groups excluding carboxylic acids is 1. The summed E-state index contributed by atoms with van der Waals surface area (Å²) >= 11 is 0. The maximum absolute atomic E-state index is 13.7. The Labute approximate surface area is 247 Å². The van der Waals surface area contributed by atoms with Crippen molar-refractivity contribution in [2.75, 3.05) is 27.3 Å². The Morgan fingerprint density at radius 2 is 1.62 bits per heavy atom. The minimum absolute atomic E-state index is 0.00643. The minimum Gasteiger partial charge on any atom is -0.493 e. The third-order valence-corrected chi connectivity index (χ3v) is 8.80. The van der Waals surface area contributed by atoms with Crippen LogP contribution in [0.5, 0.6) is 11.5 Å². The van der Waals surface area contributed by atoms with Gasteiger partial charge in [-0.1, -0.05) is 48.0 Å². The van der Waals surface area contributed by atoms with Crippen LogP contribution in [0.4, 0.5) is 0 Å². The lowest BCUT2D eigenvalue weighted by atomic mass is 10.1. The van der Waals surface area contributed by atoms with Gasteiger partial charge in [0.1, 0.15) is 0 Å². The molecule has 0 aliphatic carbocycles. The van der Waals surface area contributed by atoms with Crippen LogP contribution in [0.15, 0.2) is 88.9 Å². The number of rotatable bonds is 12. The molecule has 4 aromatic rings. The number of carbonyl (C=O) groups is 1. The van der Waals surface area contributed by atoms with Crippen molar-refractivity contribution in [3.05, 3.63) is 107 Å². The standard InChI is InChI=1S/C32H36N4O5S/c1-23-11-13-28(14-12-23)36-24(2)19-27(25(36)3)21-33-34-32(37)22-35(18-17-26-9-7-6-8-10-26)42(38,39)29-15-16-30(40-4)31(20-29)41-5/h6-16,19-21H,17-18,22H2,1-5H3,(H,34,37)/b33-21-. The molecule has 0 saturated heterocycles. The zero-order valence-electron chi connectivity index (χ0n) is 24.5. The molecular formula is C32H36N4O5S. The second-order valence-electron chi connectivity index (χ2n) is 9.88. The van der Waals surface area contributed by atoms with E-state index in [0.717, 1.165) is 32.5 Å². The SMILES string of the molecule is COc1ccc(S(=O)(=O)N(CCc2ccccc2)CC(=O)N/N=C\c2cc(C)n(-c3ccc(C)cc3)c2C)cc1OC. The Kier molecular flexibility index (Phi) is 9.82. The van der Waals surface area contributed by atoms with Crippen molar-refractivity contribution in [3.63, 3.8) is 0 Å². The molecule has 1 N–H and O–H groups in total. The topological polar surface area (TPSA) is 102 Å². The van der Waals surface area contributed by atoms with Gasteiger partial charge in [-0.3, -0.25) is 4.79 Å². The normalized spacial score (nSPS) is 11.7. The largest absolute Gasteiger partial charge is 0.493 e. The van der Waals surface area contributed by atoms with Gasteiger partial charge in [-0.15, -0.1) is 0 Å². The van der Waals surface area contributed by atoms with Crippen molar-refractivity contribution >= 4 is 22.1 Å². The fourth-order valence-corrected chi connectivity index (χ4v) is 6.10. The monoisotopic (exact) mass is 588 g/mol. The summed E-state index contributed by atoms with van der Waals surface area (Å²) in [5.41, 5.74) is 8.50. The van der Waals surface area contributed by atoms with Gasteiger partial charge >= 0.3 is 0 Å². The van der Waals surface area contributed by atoms with Gasteiger partial charge in [0.2, 0.25) is 10.0 Å². The van der Waals surface area contributed by atoms with Gasteiger partial charge in [-0.2, -0.15) is 9.41 Å². The lowest BCUT2D eigenvalue weighted by Gasteiger charge is -2.22. The molecule has 0 spiro atoms. The predicted molar refractivity (Wildman–Crippen MR) is 164 cm³/mol. The first kappa shape index (κ1) is 30.5. The highest BCUT2D eigenvalue weighted by Gasteiger charge is 2.27. The number of hydrogen-bond acceptors (Lipinski definition) is 6. The quantitative estimate of drug-likeness (QED) is 0.189. The molecule has 1 aromatic heterocycles. The van der Waals surface area contributed by atoms with E-state index < -0.39 is 22.5 Å². The van der Waals surface area contributed by atoms with E-state index in [-0.39, 0.29) is 17.2 Å². The smallest absolute Gasteiger partial charge is 0.255 e. The second kappa shape index (κ2) is 13.5. The first-order chi connectivity index (χ1) is 20.1. The van der Waals surface area contributed by atoms with Crippen LogP contribution in [0.25, 0.3) is 5.69 Å². The number of sulfonamides is 1. The number of benzene rings is 3. The summed E-state index contributed by atoms with van der Waals surface area (Å²) in [7, 11) is -1.15. The second-order valence-corrected chi connectivity index (χ2v) is 11.8. The molecule has 10 heteroatoms. The van der Waals surface area contributed by atoms with Crippen LogP contribution in [0.3, 0.4) is 0 Å². The Bertz CT molecular complexity index is 1660. The zero-order chi connectivity index (χ0) is 30.3. The Hall–Kier alpha value is -4.41. The third kappa shape index (κ3) is 7.07. The molecule has 0 aliphatic heterocycles. The van der Waals surface area contributed by atoms with E-state index in [1.165, 1.54) is 38.0 Å². The Morgan fingerprint density at radius 1 is 0.929 bits per heavy atom. The highest BCUT2D eigenvalue weighted by Crippen LogP contribution is 2.30. The predicted octanol–water partition coefficient (Wildman–Crippen LogP) is 4.80. The third-order valence-electron chi connectivity index (χ3n) is 6.96. The van der Waals surface area contributed by atoms with Gasteiger partial charge in [0.25, 0.3) is 5.91 Å². The fraction of sp³-hybridized carbons (Fsp3) is 0.250. The molecule has 9 nitrogen and oxygen atoms in total. The summed E-state index contributed by atoms with van der Waals surface area (Å²) in [6.07, 6.45) is 2.00. The number of amides is 1. The van der Waals surface area contributed by atoms with E-state index in [2.05, 4.69) is 39.4 Å². The maximum Gasteiger partial charge on any atom is 0.255 e. The minimum atomic E-state index is -4.06.